The molecular weight excluding hydrogens is 256 g/mol. The van der Waals surface area contributed by atoms with Gasteiger partial charge in [0.15, 0.2) is 11.9 Å². The average Bonchev–Trinajstić information content (AvgIpc) is 2.43. The number of carbonyl (C=O) groups excluding carboxylic acids is 1. The van der Waals surface area contributed by atoms with Crippen LogP contribution in [0.1, 0.15) is 31.2 Å². The quantitative estimate of drug-likeness (QED) is 0.789. The zero-order chi connectivity index (χ0) is 14.1. The molecule has 0 saturated heterocycles. The smallest absolute Gasteiger partial charge is 0.339 e. The number of carbonyl (C=O) groups is 1. The monoisotopic (exact) mass is 272 g/mol. The van der Waals surface area contributed by atoms with E-state index in [1.807, 2.05) is 12.1 Å². The summed E-state index contributed by atoms with van der Waals surface area (Å²) in [5.41, 5.74) is 0.721. The maximum Gasteiger partial charge on any atom is 0.339 e. The van der Waals surface area contributed by atoms with E-state index < -0.39 is 0 Å². The highest BCUT2D eigenvalue weighted by molar-refractivity contribution is 5.84. The number of rotatable bonds is 2. The van der Waals surface area contributed by atoms with Crippen molar-refractivity contribution in [1.29, 1.82) is 0 Å². The van der Waals surface area contributed by atoms with Crippen LogP contribution in [0, 0.1) is 6.92 Å². The number of aryl methyl sites for hydroxylation is 1. The molecule has 0 bridgehead atoms. The summed E-state index contributed by atoms with van der Waals surface area (Å²) in [6.45, 7) is 1.72. The lowest BCUT2D eigenvalue weighted by Gasteiger charge is -2.21. The predicted molar refractivity (Wildman–Crippen MR) is 75.1 cm³/mol. The van der Waals surface area contributed by atoms with Gasteiger partial charge in [0.25, 0.3) is 0 Å². The Morgan fingerprint density at radius 3 is 2.85 bits per heavy atom. The molecule has 1 aliphatic rings. The molecule has 1 fully saturated rings. The van der Waals surface area contributed by atoms with Crippen LogP contribution < -0.4 is 10.4 Å². The Morgan fingerprint density at radius 1 is 1.20 bits per heavy atom. The Balaban J connectivity index is 1.90. The lowest BCUT2D eigenvalue weighted by Crippen LogP contribution is -2.30. The second-order valence-electron chi connectivity index (χ2n) is 5.24. The van der Waals surface area contributed by atoms with E-state index in [0.29, 0.717) is 23.3 Å². The lowest BCUT2D eigenvalue weighted by molar-refractivity contribution is -0.127. The summed E-state index contributed by atoms with van der Waals surface area (Å²) in [4.78, 5) is 23.3. The van der Waals surface area contributed by atoms with E-state index in [4.69, 9.17) is 9.15 Å². The molecule has 2 aromatic rings. The van der Waals surface area contributed by atoms with E-state index in [1.54, 1.807) is 19.1 Å². The van der Waals surface area contributed by atoms with Crippen molar-refractivity contribution in [1.82, 2.24) is 0 Å². The molecule has 1 aromatic heterocycles. The van der Waals surface area contributed by atoms with E-state index >= 15 is 0 Å². The third-order valence-corrected chi connectivity index (χ3v) is 3.66. The van der Waals surface area contributed by atoms with Gasteiger partial charge in [0, 0.05) is 23.4 Å². The highest BCUT2D eigenvalue weighted by atomic mass is 16.5. The van der Waals surface area contributed by atoms with E-state index in [9.17, 15) is 9.59 Å². The Hall–Kier alpha value is -2.10. The summed E-state index contributed by atoms with van der Waals surface area (Å²) in [7, 11) is 0. The first kappa shape index (κ1) is 12.9. The fourth-order valence-corrected chi connectivity index (χ4v) is 2.51. The topological polar surface area (TPSA) is 56.5 Å². The van der Waals surface area contributed by atoms with Gasteiger partial charge in [0.05, 0.1) is 0 Å². The number of ether oxygens (including phenoxy) is 1. The van der Waals surface area contributed by atoms with Crippen LogP contribution in [-0.4, -0.2) is 11.9 Å². The van der Waals surface area contributed by atoms with Crippen LogP contribution in [0.2, 0.25) is 0 Å². The van der Waals surface area contributed by atoms with E-state index in [2.05, 4.69) is 0 Å². The molecule has 1 unspecified atom stereocenters. The summed E-state index contributed by atoms with van der Waals surface area (Å²) in [6.07, 6.45) is 2.95. The first-order valence-corrected chi connectivity index (χ1v) is 6.87. The molecule has 0 aliphatic heterocycles. The van der Waals surface area contributed by atoms with Crippen LogP contribution in [0.5, 0.6) is 5.75 Å². The van der Waals surface area contributed by atoms with E-state index in [-0.39, 0.29) is 17.5 Å². The van der Waals surface area contributed by atoms with Gasteiger partial charge in [-0.3, -0.25) is 4.79 Å². The molecule has 1 saturated carbocycles. The van der Waals surface area contributed by atoms with Crippen LogP contribution in [0.4, 0.5) is 0 Å². The van der Waals surface area contributed by atoms with Crippen molar-refractivity contribution in [2.75, 3.05) is 0 Å². The van der Waals surface area contributed by atoms with Crippen LogP contribution in [-0.2, 0) is 4.79 Å². The second-order valence-corrected chi connectivity index (χ2v) is 5.24. The van der Waals surface area contributed by atoms with Crippen molar-refractivity contribution < 1.29 is 13.9 Å². The molecule has 1 aliphatic carbocycles. The average molecular weight is 272 g/mol. The highest BCUT2D eigenvalue weighted by Gasteiger charge is 2.23. The lowest BCUT2D eigenvalue weighted by atomic mass is 9.96. The first-order chi connectivity index (χ1) is 9.63. The van der Waals surface area contributed by atoms with Gasteiger partial charge < -0.3 is 9.15 Å². The van der Waals surface area contributed by atoms with Crippen molar-refractivity contribution in [3.63, 3.8) is 0 Å². The maximum absolute atomic E-state index is 11.8. The van der Waals surface area contributed by atoms with E-state index in [1.165, 1.54) is 0 Å². The molecule has 0 amide bonds. The van der Waals surface area contributed by atoms with Gasteiger partial charge in [-0.15, -0.1) is 0 Å². The number of hydrogen-bond donors (Lipinski definition) is 0. The Labute approximate surface area is 116 Å². The molecule has 0 radical (unpaired) electrons. The summed E-state index contributed by atoms with van der Waals surface area (Å²) in [5, 5.41) is 0.851. The fraction of sp³-hybridized carbons (Fsp3) is 0.375. The molecule has 0 spiro atoms. The first-order valence-electron chi connectivity index (χ1n) is 6.87. The minimum atomic E-state index is -0.363. The summed E-state index contributed by atoms with van der Waals surface area (Å²) >= 11 is 0. The molecule has 4 nitrogen and oxygen atoms in total. The summed E-state index contributed by atoms with van der Waals surface area (Å²) in [6, 6.07) is 7.12. The number of benzene rings is 1. The SMILES string of the molecule is Cc1cc2ccc(OC3CCCCC3=O)cc2oc1=O. The molecule has 104 valence electrons. The van der Waals surface area contributed by atoms with Crippen molar-refractivity contribution in [3.05, 3.63) is 40.2 Å². The van der Waals surface area contributed by atoms with Crippen molar-refractivity contribution >= 4 is 16.8 Å². The van der Waals surface area contributed by atoms with Crippen LogP contribution in [0.15, 0.2) is 33.5 Å². The number of fused-ring (bicyclic) bond motifs is 1. The maximum atomic E-state index is 11.8. The minimum Gasteiger partial charge on any atom is -0.483 e. The number of Topliss-reactive ketones (excluding diaryl/α,β-unsaturated/α-hetero) is 1. The second kappa shape index (κ2) is 5.12. The summed E-state index contributed by atoms with van der Waals surface area (Å²) < 4.78 is 11.0. The molecule has 1 heterocycles. The highest BCUT2D eigenvalue weighted by Crippen LogP contribution is 2.24. The fourth-order valence-electron chi connectivity index (χ4n) is 2.51. The molecule has 3 rings (SSSR count). The van der Waals surface area contributed by atoms with Crippen LogP contribution in [0.25, 0.3) is 11.0 Å². The van der Waals surface area contributed by atoms with Gasteiger partial charge in [0.2, 0.25) is 0 Å². The number of ketones is 1. The molecule has 20 heavy (non-hydrogen) atoms. The van der Waals surface area contributed by atoms with Crippen molar-refractivity contribution in [2.45, 2.75) is 38.7 Å². The molecular formula is C16H16O4. The van der Waals surface area contributed by atoms with Gasteiger partial charge >= 0.3 is 5.63 Å². The van der Waals surface area contributed by atoms with Crippen LogP contribution >= 0.6 is 0 Å². The zero-order valence-corrected chi connectivity index (χ0v) is 11.3. The molecule has 4 heteroatoms. The molecule has 1 atom stereocenters. The van der Waals surface area contributed by atoms with Crippen LogP contribution in [0.3, 0.4) is 0 Å². The Bertz CT molecular complexity index is 714. The Kier molecular flexibility index (Phi) is 3.30. The third kappa shape index (κ3) is 2.46. The standard InChI is InChI=1S/C16H16O4/c1-10-8-11-6-7-12(9-15(11)20-16(10)18)19-14-5-3-2-4-13(14)17/h6-9,14H,2-5H2,1H3. The van der Waals surface area contributed by atoms with Crippen molar-refractivity contribution in [2.24, 2.45) is 0 Å². The van der Waals surface area contributed by atoms with Gasteiger partial charge in [-0.25, -0.2) is 4.79 Å². The Morgan fingerprint density at radius 2 is 2.05 bits per heavy atom. The number of hydrogen-bond acceptors (Lipinski definition) is 4. The third-order valence-electron chi connectivity index (χ3n) is 3.66. The van der Waals surface area contributed by atoms with Gasteiger partial charge in [-0.1, -0.05) is 0 Å². The zero-order valence-electron chi connectivity index (χ0n) is 11.3. The van der Waals surface area contributed by atoms with Gasteiger partial charge in [0.1, 0.15) is 11.3 Å². The van der Waals surface area contributed by atoms with E-state index in [0.717, 1.165) is 24.6 Å². The summed E-state index contributed by atoms with van der Waals surface area (Å²) in [5.74, 6) is 0.728. The van der Waals surface area contributed by atoms with Gasteiger partial charge in [-0.2, -0.15) is 0 Å². The van der Waals surface area contributed by atoms with Crippen molar-refractivity contribution in [3.8, 4) is 5.75 Å². The molecule has 1 aromatic carbocycles. The predicted octanol–water partition coefficient (Wildman–Crippen LogP) is 2.99. The van der Waals surface area contributed by atoms with Gasteiger partial charge in [-0.05, 0) is 44.4 Å². The normalized spacial score (nSPS) is 19.2. The molecule has 0 N–H and O–H groups in total. The minimum absolute atomic E-state index is 0.154. The largest absolute Gasteiger partial charge is 0.483 e.